The third-order valence-corrected chi connectivity index (χ3v) is 3.47. The molecule has 2 rings (SSSR count). The fourth-order valence-corrected chi connectivity index (χ4v) is 2.08. The van der Waals surface area contributed by atoms with Gasteiger partial charge in [-0.3, -0.25) is 9.78 Å². The highest BCUT2D eigenvalue weighted by Gasteiger charge is 2.10. The normalized spacial score (nSPS) is 11.3. The van der Waals surface area contributed by atoms with Crippen molar-refractivity contribution in [3.63, 3.8) is 0 Å². The second-order valence-corrected chi connectivity index (χ2v) is 5.75. The minimum Gasteiger partial charge on any atom is -0.493 e. The number of aromatic amines is 1. The van der Waals surface area contributed by atoms with Gasteiger partial charge in [-0.1, -0.05) is 13.8 Å². The molecule has 0 aliphatic rings. The number of aromatic nitrogens is 3. The first-order valence-electron chi connectivity index (χ1n) is 8.69. The van der Waals surface area contributed by atoms with Crippen LogP contribution in [0.25, 0.3) is 0 Å². The molecule has 0 spiro atoms. The molecular weight excluding hydrogens is 334 g/mol. The second kappa shape index (κ2) is 9.55. The van der Waals surface area contributed by atoms with E-state index in [-0.39, 0.29) is 11.5 Å². The lowest BCUT2D eigenvalue weighted by molar-refractivity contribution is 0.301. The summed E-state index contributed by atoms with van der Waals surface area (Å²) in [5.74, 6) is 1.64. The SMILES string of the molecule is CCCOc1ccc(/C(C)=N\Nc2nnc(C)c(=O)[nH]2)c(OCCC)c1. The molecule has 8 heteroatoms. The third-order valence-electron chi connectivity index (χ3n) is 3.47. The number of nitrogens with zero attached hydrogens (tertiary/aromatic N) is 3. The van der Waals surface area contributed by atoms with Gasteiger partial charge in [0, 0.05) is 11.6 Å². The monoisotopic (exact) mass is 359 g/mol. The molecule has 1 aromatic carbocycles. The van der Waals surface area contributed by atoms with Crippen LogP contribution in [0, 0.1) is 6.92 Å². The molecule has 0 bridgehead atoms. The van der Waals surface area contributed by atoms with Gasteiger partial charge < -0.3 is 9.47 Å². The molecule has 1 aromatic heterocycles. The maximum absolute atomic E-state index is 11.6. The van der Waals surface area contributed by atoms with Crippen LogP contribution in [0.15, 0.2) is 28.1 Å². The van der Waals surface area contributed by atoms with Gasteiger partial charge >= 0.3 is 0 Å². The van der Waals surface area contributed by atoms with Gasteiger partial charge in [0.1, 0.15) is 17.2 Å². The average molecular weight is 359 g/mol. The zero-order valence-corrected chi connectivity index (χ0v) is 15.6. The van der Waals surface area contributed by atoms with Crippen molar-refractivity contribution >= 4 is 11.7 Å². The molecule has 0 amide bonds. The Morgan fingerprint density at radius 1 is 1.19 bits per heavy atom. The number of benzene rings is 1. The van der Waals surface area contributed by atoms with Crippen molar-refractivity contribution in [3.8, 4) is 11.5 Å². The molecule has 0 aliphatic heterocycles. The van der Waals surface area contributed by atoms with Gasteiger partial charge in [0.25, 0.3) is 5.56 Å². The molecule has 8 nitrogen and oxygen atoms in total. The zero-order chi connectivity index (χ0) is 18.9. The van der Waals surface area contributed by atoms with Crippen LogP contribution in [0.2, 0.25) is 0 Å². The lowest BCUT2D eigenvalue weighted by atomic mass is 10.1. The van der Waals surface area contributed by atoms with E-state index in [2.05, 4.69) is 32.6 Å². The average Bonchev–Trinajstić information content (AvgIpc) is 2.65. The summed E-state index contributed by atoms with van der Waals surface area (Å²) < 4.78 is 11.5. The quantitative estimate of drug-likeness (QED) is 0.527. The molecule has 0 atom stereocenters. The number of hydrazone groups is 1. The lowest BCUT2D eigenvalue weighted by Crippen LogP contribution is -2.16. The van der Waals surface area contributed by atoms with Crippen LogP contribution in [0.4, 0.5) is 5.95 Å². The summed E-state index contributed by atoms with van der Waals surface area (Å²) in [6, 6.07) is 5.66. The van der Waals surface area contributed by atoms with E-state index in [1.165, 1.54) is 0 Å². The standard InChI is InChI=1S/C18H25N5O3/c1-5-9-25-14-7-8-15(16(11-14)26-10-6-2)12(3)20-22-18-19-17(24)13(4)21-23-18/h7-8,11H,5-6,9-10H2,1-4H3,(H2,19,22,23,24)/b20-12-. The van der Waals surface area contributed by atoms with Crippen LogP contribution in [-0.4, -0.2) is 34.1 Å². The van der Waals surface area contributed by atoms with Crippen molar-refractivity contribution < 1.29 is 9.47 Å². The highest BCUT2D eigenvalue weighted by Crippen LogP contribution is 2.26. The molecule has 0 radical (unpaired) electrons. The van der Waals surface area contributed by atoms with Gasteiger partial charge in [0.15, 0.2) is 0 Å². The molecule has 26 heavy (non-hydrogen) atoms. The van der Waals surface area contributed by atoms with Gasteiger partial charge in [0.05, 0.1) is 18.9 Å². The highest BCUT2D eigenvalue weighted by atomic mass is 16.5. The van der Waals surface area contributed by atoms with E-state index in [4.69, 9.17) is 9.47 Å². The van der Waals surface area contributed by atoms with Crippen LogP contribution in [-0.2, 0) is 0 Å². The zero-order valence-electron chi connectivity index (χ0n) is 15.6. The largest absolute Gasteiger partial charge is 0.493 e. The summed E-state index contributed by atoms with van der Waals surface area (Å²) in [5, 5.41) is 11.9. The summed E-state index contributed by atoms with van der Waals surface area (Å²) >= 11 is 0. The molecule has 0 unspecified atom stereocenters. The molecule has 0 aliphatic carbocycles. The predicted molar refractivity (Wildman–Crippen MR) is 101 cm³/mol. The summed E-state index contributed by atoms with van der Waals surface area (Å²) in [6.07, 6.45) is 1.83. The van der Waals surface area contributed by atoms with Crippen molar-refractivity contribution in [3.05, 3.63) is 39.8 Å². The molecule has 0 fully saturated rings. The number of rotatable bonds is 9. The Morgan fingerprint density at radius 2 is 1.92 bits per heavy atom. The molecular formula is C18H25N5O3. The van der Waals surface area contributed by atoms with Crippen LogP contribution < -0.4 is 20.5 Å². The van der Waals surface area contributed by atoms with Crippen LogP contribution in [0.5, 0.6) is 11.5 Å². The number of hydrogen-bond acceptors (Lipinski definition) is 7. The topological polar surface area (TPSA) is 101 Å². The molecule has 1 heterocycles. The Labute approximate surface area is 152 Å². The fraction of sp³-hybridized carbons (Fsp3) is 0.444. The Hall–Kier alpha value is -2.90. The van der Waals surface area contributed by atoms with E-state index in [1.54, 1.807) is 6.92 Å². The number of aryl methyl sites for hydroxylation is 1. The first-order chi connectivity index (χ1) is 12.5. The molecule has 140 valence electrons. The van der Waals surface area contributed by atoms with Crippen LogP contribution in [0.3, 0.4) is 0 Å². The molecule has 0 saturated carbocycles. The van der Waals surface area contributed by atoms with Crippen LogP contribution in [0.1, 0.15) is 44.9 Å². The summed E-state index contributed by atoms with van der Waals surface area (Å²) in [5.41, 5.74) is 4.22. The maximum atomic E-state index is 11.6. The summed E-state index contributed by atoms with van der Waals surface area (Å²) in [6.45, 7) is 8.79. The number of nitrogens with one attached hydrogen (secondary N) is 2. The lowest BCUT2D eigenvalue weighted by Gasteiger charge is -2.13. The molecule has 0 saturated heterocycles. The van der Waals surface area contributed by atoms with Crippen LogP contribution >= 0.6 is 0 Å². The minimum atomic E-state index is -0.306. The maximum Gasteiger partial charge on any atom is 0.274 e. The Morgan fingerprint density at radius 3 is 2.62 bits per heavy atom. The van der Waals surface area contributed by atoms with E-state index < -0.39 is 0 Å². The van der Waals surface area contributed by atoms with E-state index in [0.717, 1.165) is 24.2 Å². The fourth-order valence-electron chi connectivity index (χ4n) is 2.08. The van der Waals surface area contributed by atoms with Crippen molar-refractivity contribution in [2.45, 2.75) is 40.5 Å². The smallest absolute Gasteiger partial charge is 0.274 e. The molecule has 2 aromatic rings. The first-order valence-corrected chi connectivity index (χ1v) is 8.69. The summed E-state index contributed by atoms with van der Waals surface area (Å²) in [7, 11) is 0. The van der Waals surface area contributed by atoms with Crippen molar-refractivity contribution in [2.75, 3.05) is 18.6 Å². The number of hydrogen-bond donors (Lipinski definition) is 2. The van der Waals surface area contributed by atoms with E-state index in [9.17, 15) is 4.79 Å². The molecule has 2 N–H and O–H groups in total. The van der Waals surface area contributed by atoms with Crippen molar-refractivity contribution in [2.24, 2.45) is 5.10 Å². The Bertz CT molecular complexity index is 817. The van der Waals surface area contributed by atoms with Crippen molar-refractivity contribution in [1.82, 2.24) is 15.2 Å². The van der Waals surface area contributed by atoms with E-state index in [1.807, 2.05) is 32.0 Å². The second-order valence-electron chi connectivity index (χ2n) is 5.75. The number of ether oxygens (including phenoxy) is 2. The number of H-pyrrole nitrogens is 1. The van der Waals surface area contributed by atoms with Gasteiger partial charge in [-0.2, -0.15) is 5.10 Å². The number of anilines is 1. The summed E-state index contributed by atoms with van der Waals surface area (Å²) in [4.78, 5) is 14.1. The van der Waals surface area contributed by atoms with Gasteiger partial charge in [-0.25, -0.2) is 5.43 Å². The van der Waals surface area contributed by atoms with Gasteiger partial charge in [-0.15, -0.1) is 10.2 Å². The first kappa shape index (κ1) is 19.4. The Kier molecular flexibility index (Phi) is 7.13. The van der Waals surface area contributed by atoms with E-state index in [0.29, 0.717) is 30.4 Å². The highest BCUT2D eigenvalue weighted by molar-refractivity contribution is 6.01. The minimum absolute atomic E-state index is 0.180. The Balaban J connectivity index is 2.22. The predicted octanol–water partition coefficient (Wildman–Crippen LogP) is 2.89. The third kappa shape index (κ3) is 5.30. The van der Waals surface area contributed by atoms with E-state index >= 15 is 0 Å². The van der Waals surface area contributed by atoms with Gasteiger partial charge in [0.2, 0.25) is 5.95 Å². The van der Waals surface area contributed by atoms with Crippen molar-refractivity contribution in [1.29, 1.82) is 0 Å². The van der Waals surface area contributed by atoms with Gasteiger partial charge in [-0.05, 0) is 38.8 Å².